The molecule has 0 saturated carbocycles. The number of benzene rings is 1. The highest BCUT2D eigenvalue weighted by atomic mass is 79.9. The smallest absolute Gasteiger partial charge is 0.126 e. The van der Waals surface area contributed by atoms with Gasteiger partial charge in [-0.3, -0.25) is 5.10 Å². The molecule has 24 heavy (non-hydrogen) atoms. The van der Waals surface area contributed by atoms with Crippen molar-refractivity contribution < 1.29 is 4.74 Å². The van der Waals surface area contributed by atoms with Crippen LogP contribution in [0.1, 0.15) is 0 Å². The molecule has 2 N–H and O–H groups in total. The van der Waals surface area contributed by atoms with Crippen LogP contribution in [0.25, 0.3) is 10.6 Å². The average Bonchev–Trinajstić information content (AvgIpc) is 3.25. The molecule has 1 fully saturated rings. The third kappa shape index (κ3) is 3.33. The first-order valence-corrected chi connectivity index (χ1v) is 9.40. The van der Waals surface area contributed by atoms with Crippen LogP contribution in [-0.4, -0.2) is 36.5 Å². The topological polar surface area (TPSA) is 53.2 Å². The van der Waals surface area contributed by atoms with Crippen LogP contribution in [0, 0.1) is 0 Å². The molecule has 4 rings (SSSR count). The zero-order valence-corrected chi connectivity index (χ0v) is 15.4. The van der Waals surface area contributed by atoms with E-state index >= 15 is 0 Å². The molecule has 0 radical (unpaired) electrons. The van der Waals surface area contributed by atoms with Gasteiger partial charge in [-0.05, 0) is 40.2 Å². The molecule has 0 amide bonds. The number of nitrogens with one attached hydrogen (secondary N) is 2. The Morgan fingerprint density at radius 3 is 2.79 bits per heavy atom. The monoisotopic (exact) mass is 404 g/mol. The van der Waals surface area contributed by atoms with E-state index in [2.05, 4.69) is 60.6 Å². The molecule has 0 spiro atoms. The third-order valence-electron chi connectivity index (χ3n) is 3.93. The molecule has 0 aliphatic carbocycles. The highest BCUT2D eigenvalue weighted by molar-refractivity contribution is 9.11. The number of rotatable bonds is 4. The average molecular weight is 405 g/mol. The Balaban J connectivity index is 1.56. The quantitative estimate of drug-likeness (QED) is 0.672. The van der Waals surface area contributed by atoms with Crippen LogP contribution in [0.15, 0.2) is 46.3 Å². The number of halogens is 1. The van der Waals surface area contributed by atoms with Gasteiger partial charge in [-0.15, -0.1) is 11.3 Å². The highest BCUT2D eigenvalue weighted by Crippen LogP contribution is 2.33. The summed E-state index contributed by atoms with van der Waals surface area (Å²) >= 11 is 5.16. The molecule has 1 aliphatic heterocycles. The summed E-state index contributed by atoms with van der Waals surface area (Å²) in [6.45, 7) is 3.37. The fourth-order valence-corrected chi connectivity index (χ4v) is 4.12. The number of ether oxygens (including phenoxy) is 1. The summed E-state index contributed by atoms with van der Waals surface area (Å²) in [5.74, 6) is 0.884. The van der Waals surface area contributed by atoms with Gasteiger partial charge in [0, 0.05) is 19.2 Å². The van der Waals surface area contributed by atoms with Crippen LogP contribution in [0.2, 0.25) is 0 Å². The van der Waals surface area contributed by atoms with E-state index in [1.165, 1.54) is 5.69 Å². The van der Waals surface area contributed by atoms with E-state index in [9.17, 15) is 0 Å². The maximum absolute atomic E-state index is 5.45. The molecular formula is C17H17BrN4OS. The second kappa shape index (κ2) is 6.96. The lowest BCUT2D eigenvalue weighted by atomic mass is 10.2. The number of nitrogens with zero attached hydrogens (tertiary/aromatic N) is 2. The van der Waals surface area contributed by atoms with Crippen molar-refractivity contribution in [2.24, 2.45) is 0 Å². The van der Waals surface area contributed by atoms with Gasteiger partial charge < -0.3 is 15.0 Å². The summed E-state index contributed by atoms with van der Waals surface area (Å²) in [5, 5.41) is 10.9. The Kier molecular flexibility index (Phi) is 4.55. The van der Waals surface area contributed by atoms with Crippen LogP contribution in [0.4, 0.5) is 17.2 Å². The van der Waals surface area contributed by atoms with Crippen molar-refractivity contribution in [1.29, 1.82) is 0 Å². The van der Waals surface area contributed by atoms with Crippen molar-refractivity contribution >= 4 is 44.5 Å². The minimum atomic E-state index is 0.774. The van der Waals surface area contributed by atoms with Gasteiger partial charge in [0.2, 0.25) is 0 Å². The van der Waals surface area contributed by atoms with Crippen molar-refractivity contribution in [2.75, 3.05) is 36.5 Å². The molecule has 124 valence electrons. The number of morpholine rings is 1. The number of aromatic nitrogens is 2. The fourth-order valence-electron chi connectivity index (χ4n) is 2.77. The number of hydrogen-bond acceptors (Lipinski definition) is 5. The van der Waals surface area contributed by atoms with Gasteiger partial charge in [0.1, 0.15) is 11.5 Å². The first kappa shape index (κ1) is 15.7. The summed E-state index contributed by atoms with van der Waals surface area (Å²) in [6.07, 6.45) is 0. The second-order valence-corrected chi connectivity index (χ2v) is 7.98. The fraction of sp³-hybridized carbons (Fsp3) is 0.235. The van der Waals surface area contributed by atoms with E-state index in [1.54, 1.807) is 11.3 Å². The molecule has 1 aromatic carbocycles. The lowest BCUT2D eigenvalue weighted by molar-refractivity contribution is 0.123. The van der Waals surface area contributed by atoms with Crippen LogP contribution < -0.4 is 10.2 Å². The largest absolute Gasteiger partial charge is 0.378 e. The summed E-state index contributed by atoms with van der Waals surface area (Å²) in [5.41, 5.74) is 3.20. The zero-order valence-electron chi connectivity index (χ0n) is 13.0. The summed E-state index contributed by atoms with van der Waals surface area (Å²) in [6, 6.07) is 14.5. The van der Waals surface area contributed by atoms with Crippen molar-refractivity contribution in [3.8, 4) is 10.6 Å². The van der Waals surface area contributed by atoms with E-state index in [-0.39, 0.29) is 0 Å². The molecule has 7 heteroatoms. The molecule has 5 nitrogen and oxygen atoms in total. The first-order valence-electron chi connectivity index (χ1n) is 7.79. The molecule has 0 unspecified atom stereocenters. The number of hydrogen-bond donors (Lipinski definition) is 2. The van der Waals surface area contributed by atoms with Gasteiger partial charge in [-0.2, -0.15) is 5.10 Å². The van der Waals surface area contributed by atoms with Gasteiger partial charge >= 0.3 is 0 Å². The van der Waals surface area contributed by atoms with Gasteiger partial charge in [-0.1, -0.05) is 12.1 Å². The van der Waals surface area contributed by atoms with Crippen LogP contribution in [0.5, 0.6) is 0 Å². The van der Waals surface area contributed by atoms with E-state index in [4.69, 9.17) is 4.74 Å². The third-order valence-corrected chi connectivity index (χ3v) is 5.57. The Bertz CT molecular complexity index is 825. The van der Waals surface area contributed by atoms with E-state index in [1.807, 2.05) is 18.2 Å². The highest BCUT2D eigenvalue weighted by Gasteiger charge is 2.15. The molecular weight excluding hydrogens is 388 g/mol. The number of aromatic amines is 1. The predicted molar refractivity (Wildman–Crippen MR) is 102 cm³/mol. The molecule has 3 aromatic rings. The van der Waals surface area contributed by atoms with Crippen molar-refractivity contribution in [3.63, 3.8) is 0 Å². The molecule has 0 bridgehead atoms. The maximum Gasteiger partial charge on any atom is 0.126 e. The van der Waals surface area contributed by atoms with E-state index < -0.39 is 0 Å². The SMILES string of the molecule is Brc1ccc(-c2cc(Nc3ccccc3N3CCOCC3)[nH]n2)s1. The molecule has 2 aromatic heterocycles. The summed E-state index contributed by atoms with van der Waals surface area (Å²) in [7, 11) is 0. The van der Waals surface area contributed by atoms with Crippen molar-refractivity contribution in [2.45, 2.75) is 0 Å². The lowest BCUT2D eigenvalue weighted by Crippen LogP contribution is -2.36. The van der Waals surface area contributed by atoms with E-state index in [0.29, 0.717) is 0 Å². The second-order valence-electron chi connectivity index (χ2n) is 5.51. The van der Waals surface area contributed by atoms with Gasteiger partial charge in [0.05, 0.1) is 33.3 Å². The maximum atomic E-state index is 5.45. The van der Waals surface area contributed by atoms with Gasteiger partial charge in [-0.25, -0.2) is 0 Å². The van der Waals surface area contributed by atoms with E-state index in [0.717, 1.165) is 52.2 Å². The predicted octanol–water partition coefficient (Wildman–Crippen LogP) is 4.48. The van der Waals surface area contributed by atoms with Crippen LogP contribution >= 0.6 is 27.3 Å². The first-order chi connectivity index (χ1) is 11.8. The van der Waals surface area contributed by atoms with Crippen molar-refractivity contribution in [3.05, 3.63) is 46.3 Å². The minimum absolute atomic E-state index is 0.774. The summed E-state index contributed by atoms with van der Waals surface area (Å²) < 4.78 is 6.56. The van der Waals surface area contributed by atoms with Crippen LogP contribution in [0.3, 0.4) is 0 Å². The number of H-pyrrole nitrogens is 1. The minimum Gasteiger partial charge on any atom is -0.378 e. The normalized spacial score (nSPS) is 14.8. The lowest BCUT2D eigenvalue weighted by Gasteiger charge is -2.30. The van der Waals surface area contributed by atoms with Gasteiger partial charge in [0.15, 0.2) is 0 Å². The number of para-hydroxylation sites is 2. The zero-order chi connectivity index (χ0) is 16.4. The summed E-state index contributed by atoms with van der Waals surface area (Å²) in [4.78, 5) is 3.48. The van der Waals surface area contributed by atoms with Gasteiger partial charge in [0.25, 0.3) is 0 Å². The molecule has 1 aliphatic rings. The number of anilines is 3. The molecule has 1 saturated heterocycles. The van der Waals surface area contributed by atoms with Crippen LogP contribution in [-0.2, 0) is 4.74 Å². The molecule has 0 atom stereocenters. The Labute approximate surface area is 152 Å². The Morgan fingerprint density at radius 1 is 1.17 bits per heavy atom. The van der Waals surface area contributed by atoms with Crippen molar-refractivity contribution in [1.82, 2.24) is 10.2 Å². The molecule has 3 heterocycles. The Morgan fingerprint density at radius 2 is 2.00 bits per heavy atom. The number of thiophene rings is 1. The Hall–Kier alpha value is -1.83. The standard InChI is InChI=1S/C17H17BrN4OS/c18-16-6-5-15(24-16)13-11-17(21-20-13)19-12-3-1-2-4-14(12)22-7-9-23-10-8-22/h1-6,11H,7-10H2,(H2,19,20,21).